The molecule has 0 aromatic carbocycles. The Bertz CT molecular complexity index is 607. The first-order valence-electron chi connectivity index (χ1n) is 8.26. The van der Waals surface area contributed by atoms with Crippen LogP contribution in [-0.4, -0.2) is 48.5 Å². The summed E-state index contributed by atoms with van der Waals surface area (Å²) in [5.74, 6) is -1.42. The summed E-state index contributed by atoms with van der Waals surface area (Å²) in [5.41, 5.74) is -1.94. The van der Waals surface area contributed by atoms with Gasteiger partial charge in [-0.3, -0.25) is 9.59 Å². The quantitative estimate of drug-likeness (QED) is 0.480. The molecular weight excluding hydrogens is 332 g/mol. The van der Waals surface area contributed by atoms with Gasteiger partial charge in [0.05, 0.1) is 13.2 Å². The Morgan fingerprint density at radius 3 is 1.56 bits per heavy atom. The number of urea groups is 2. The molecule has 4 aliphatic rings. The molecule has 25 heavy (non-hydrogen) atoms. The van der Waals surface area contributed by atoms with Gasteiger partial charge in [0.25, 0.3) is 0 Å². The van der Waals surface area contributed by atoms with Gasteiger partial charge >= 0.3 is 24.0 Å². The van der Waals surface area contributed by atoms with Crippen molar-refractivity contribution in [1.29, 1.82) is 0 Å². The molecule has 0 aromatic heterocycles. The van der Waals surface area contributed by atoms with Crippen molar-refractivity contribution in [3.05, 3.63) is 0 Å². The maximum Gasteiger partial charge on any atom is 0.318 e. The molecule has 0 aromatic rings. The summed E-state index contributed by atoms with van der Waals surface area (Å²) in [6.07, 6.45) is 0.693. The van der Waals surface area contributed by atoms with Crippen molar-refractivity contribution in [2.45, 2.75) is 31.6 Å². The molecule has 2 heterocycles. The minimum atomic E-state index is -0.969. The van der Waals surface area contributed by atoms with E-state index in [0.29, 0.717) is 6.42 Å². The largest absolute Gasteiger partial charge is 0.466 e. The number of hydrogen-bond acceptors (Lipinski definition) is 6. The highest BCUT2D eigenvalue weighted by Gasteiger charge is 2.81. The minimum absolute atomic E-state index is 0.145. The fourth-order valence-corrected chi connectivity index (χ4v) is 5.31. The monoisotopic (exact) mass is 352 g/mol. The molecule has 2 saturated carbocycles. The van der Waals surface area contributed by atoms with Crippen LogP contribution >= 0.6 is 0 Å². The fraction of sp³-hybridized carbons (Fsp3) is 0.733. The van der Waals surface area contributed by atoms with E-state index >= 15 is 0 Å². The molecule has 2 aliphatic carbocycles. The number of nitrogens with one attached hydrogen (secondary N) is 4. The summed E-state index contributed by atoms with van der Waals surface area (Å²) >= 11 is 0. The third kappa shape index (κ3) is 1.96. The number of ether oxygens (including phenoxy) is 2. The molecule has 2 bridgehead atoms. The van der Waals surface area contributed by atoms with Gasteiger partial charge in [-0.1, -0.05) is 0 Å². The normalized spacial score (nSPS) is 42.6. The number of esters is 2. The topological polar surface area (TPSA) is 135 Å². The Morgan fingerprint density at radius 1 is 0.880 bits per heavy atom. The highest BCUT2D eigenvalue weighted by atomic mass is 16.5. The lowest BCUT2D eigenvalue weighted by atomic mass is 9.69. The van der Waals surface area contributed by atoms with Crippen LogP contribution in [0.1, 0.15) is 20.3 Å². The number of fused-ring (bicyclic) bond motifs is 2. The number of amides is 4. The van der Waals surface area contributed by atoms with E-state index in [1.807, 2.05) is 0 Å². The molecule has 2 saturated heterocycles. The van der Waals surface area contributed by atoms with E-state index in [-0.39, 0.29) is 48.9 Å². The van der Waals surface area contributed by atoms with Crippen LogP contribution in [0, 0.1) is 23.7 Å². The molecule has 4 N–H and O–H groups in total. The molecule has 4 amide bonds. The fourth-order valence-electron chi connectivity index (χ4n) is 5.31. The number of hydrogen-bond donors (Lipinski definition) is 4. The van der Waals surface area contributed by atoms with Crippen molar-refractivity contribution in [3.63, 3.8) is 0 Å². The zero-order chi connectivity index (χ0) is 18.0. The predicted octanol–water partition coefficient (Wildman–Crippen LogP) is -0.987. The predicted molar refractivity (Wildman–Crippen MR) is 80.6 cm³/mol. The van der Waals surface area contributed by atoms with Crippen molar-refractivity contribution in [2.24, 2.45) is 23.7 Å². The maximum atomic E-state index is 12.0. The summed E-state index contributed by atoms with van der Waals surface area (Å²) in [6, 6.07) is -0.747. The van der Waals surface area contributed by atoms with Crippen LogP contribution in [0.2, 0.25) is 0 Å². The Labute approximate surface area is 143 Å². The molecule has 2 aliphatic heterocycles. The van der Waals surface area contributed by atoms with E-state index < -0.39 is 23.3 Å². The molecule has 0 spiro atoms. The van der Waals surface area contributed by atoms with Gasteiger partial charge in [0.1, 0.15) is 0 Å². The van der Waals surface area contributed by atoms with Crippen molar-refractivity contribution >= 4 is 24.0 Å². The average molecular weight is 352 g/mol. The van der Waals surface area contributed by atoms with E-state index in [4.69, 9.17) is 9.47 Å². The lowest BCUT2D eigenvalue weighted by molar-refractivity contribution is -0.150. The Balaban J connectivity index is 1.69. The average Bonchev–Trinajstić information content (AvgIpc) is 3.12. The van der Waals surface area contributed by atoms with Gasteiger partial charge in [-0.05, 0) is 6.42 Å². The lowest BCUT2D eigenvalue weighted by Gasteiger charge is -2.47. The third-order valence-electron chi connectivity index (χ3n) is 6.03. The molecule has 4 rings (SSSR count). The minimum Gasteiger partial charge on any atom is -0.466 e. The van der Waals surface area contributed by atoms with Crippen molar-refractivity contribution in [1.82, 2.24) is 21.3 Å². The van der Waals surface area contributed by atoms with E-state index in [1.54, 1.807) is 0 Å². The number of rotatable bonds is 4. The van der Waals surface area contributed by atoms with Gasteiger partial charge in [-0.15, -0.1) is 0 Å². The number of carbonyl (C=O) groups is 4. The first-order chi connectivity index (χ1) is 11.8. The molecule has 10 heteroatoms. The second kappa shape index (κ2) is 4.99. The van der Waals surface area contributed by atoms with E-state index in [0.717, 1.165) is 0 Å². The van der Waals surface area contributed by atoms with Gasteiger partial charge in [0, 0.05) is 37.5 Å². The third-order valence-corrected chi connectivity index (χ3v) is 6.03. The second-order valence-corrected chi connectivity index (χ2v) is 7.16. The zero-order valence-corrected chi connectivity index (χ0v) is 13.9. The smallest absolute Gasteiger partial charge is 0.318 e. The Hall–Kier alpha value is -2.52. The Kier molecular flexibility index (Phi) is 3.19. The van der Waals surface area contributed by atoms with Crippen molar-refractivity contribution in [3.8, 4) is 0 Å². The van der Waals surface area contributed by atoms with Gasteiger partial charge in [0.2, 0.25) is 0 Å². The second-order valence-electron chi connectivity index (χ2n) is 7.16. The van der Waals surface area contributed by atoms with Crippen LogP contribution in [0.25, 0.3) is 0 Å². The molecular formula is C15H20N4O6. The first-order valence-corrected chi connectivity index (χ1v) is 8.26. The van der Waals surface area contributed by atoms with Crippen molar-refractivity contribution in [2.75, 3.05) is 13.2 Å². The Morgan fingerprint density at radius 2 is 1.24 bits per heavy atom. The molecule has 10 nitrogen and oxygen atoms in total. The lowest BCUT2D eigenvalue weighted by Crippen LogP contribution is -2.72. The molecule has 0 radical (unpaired) electrons. The molecule has 136 valence electrons. The van der Waals surface area contributed by atoms with Crippen LogP contribution < -0.4 is 21.3 Å². The maximum absolute atomic E-state index is 12.0. The first kappa shape index (κ1) is 16.0. The summed E-state index contributed by atoms with van der Waals surface area (Å²) in [7, 11) is 0. The zero-order valence-electron chi connectivity index (χ0n) is 13.9. The highest BCUT2D eigenvalue weighted by Crippen LogP contribution is 2.62. The molecule has 4 atom stereocenters. The van der Waals surface area contributed by atoms with E-state index in [1.165, 1.54) is 13.8 Å². The number of carbonyl (C=O) groups excluding carboxylic acids is 4. The van der Waals surface area contributed by atoms with E-state index in [2.05, 4.69) is 21.3 Å². The SMILES string of the molecule is CC(=O)OC[C@@H]1[C@H](COC(C)=O)[C@@H]2C[C@H]1C13NC(=O)NC21NC(=O)N3. The van der Waals surface area contributed by atoms with Crippen molar-refractivity contribution < 1.29 is 28.7 Å². The van der Waals surface area contributed by atoms with Gasteiger partial charge in [0.15, 0.2) is 11.3 Å². The van der Waals surface area contributed by atoms with Gasteiger partial charge < -0.3 is 30.7 Å². The summed E-state index contributed by atoms with van der Waals surface area (Å²) in [5, 5.41) is 11.4. The van der Waals surface area contributed by atoms with Crippen LogP contribution in [0.4, 0.5) is 9.59 Å². The van der Waals surface area contributed by atoms with Crippen LogP contribution in [0.5, 0.6) is 0 Å². The van der Waals surface area contributed by atoms with Crippen LogP contribution in [0.15, 0.2) is 0 Å². The van der Waals surface area contributed by atoms with Gasteiger partial charge in [-0.25, -0.2) is 9.59 Å². The standard InChI is InChI=1S/C15H20N4O6/c1-6(20)24-4-8-9(5-25-7(2)21)11-3-10(8)14-15(11,18-12(22)16-14)19-13(23)17-14/h8-11H,3-5H2,1-2H3,(H2,16,18,22)(H2,17,19,23)/t8-,9+,10-,11+,14?,15?. The van der Waals surface area contributed by atoms with E-state index in [9.17, 15) is 19.2 Å². The highest BCUT2D eigenvalue weighted by molar-refractivity contribution is 5.89. The summed E-state index contributed by atoms with van der Waals surface area (Å²) in [4.78, 5) is 46.6. The summed E-state index contributed by atoms with van der Waals surface area (Å²) in [6.45, 7) is 2.95. The van der Waals surface area contributed by atoms with Gasteiger partial charge in [-0.2, -0.15) is 0 Å². The van der Waals surface area contributed by atoms with Crippen LogP contribution in [-0.2, 0) is 19.1 Å². The van der Waals surface area contributed by atoms with Crippen LogP contribution in [0.3, 0.4) is 0 Å². The molecule has 0 unspecified atom stereocenters. The summed E-state index contributed by atoms with van der Waals surface area (Å²) < 4.78 is 10.4. The molecule has 4 fully saturated rings.